The summed E-state index contributed by atoms with van der Waals surface area (Å²) in [7, 11) is 0. The fourth-order valence-corrected chi connectivity index (χ4v) is 2.34. The number of benzene rings is 1. The topological polar surface area (TPSA) is 80.0 Å². The zero-order chi connectivity index (χ0) is 13.9. The molecule has 2 heterocycles. The fourth-order valence-electron chi connectivity index (χ4n) is 2.34. The molecule has 1 atom stereocenters. The van der Waals surface area contributed by atoms with E-state index in [2.05, 4.69) is 32.9 Å². The Bertz CT molecular complexity index is 623. The molecule has 0 unspecified atom stereocenters. The van der Waals surface area contributed by atoms with Gasteiger partial charge in [0.1, 0.15) is 0 Å². The number of aromatic nitrogens is 2. The van der Waals surface area contributed by atoms with Gasteiger partial charge in [0.2, 0.25) is 5.89 Å². The predicted octanol–water partition coefficient (Wildman–Crippen LogP) is 1.53. The molecule has 104 valence electrons. The second-order valence-electron chi connectivity index (χ2n) is 4.88. The number of nitrogens with zero attached hydrogens (tertiary/aromatic N) is 2. The monoisotopic (exact) mass is 272 g/mol. The molecule has 0 saturated heterocycles. The van der Waals surface area contributed by atoms with E-state index in [9.17, 15) is 4.79 Å². The molecule has 0 fully saturated rings. The van der Waals surface area contributed by atoms with Gasteiger partial charge in [0.25, 0.3) is 11.7 Å². The Morgan fingerprint density at radius 1 is 1.50 bits per heavy atom. The van der Waals surface area contributed by atoms with Crippen molar-refractivity contribution in [3.8, 4) is 0 Å². The molecule has 3 rings (SSSR count). The van der Waals surface area contributed by atoms with E-state index in [0.29, 0.717) is 12.4 Å². The average Bonchev–Trinajstić information content (AvgIpc) is 2.91. The molecule has 0 spiro atoms. The van der Waals surface area contributed by atoms with Crippen LogP contribution >= 0.6 is 0 Å². The number of anilines is 1. The summed E-state index contributed by atoms with van der Waals surface area (Å²) in [5.74, 6) is 0.168. The Labute approximate surface area is 116 Å². The highest BCUT2D eigenvalue weighted by Gasteiger charge is 2.19. The third-order valence-corrected chi connectivity index (χ3v) is 3.38. The maximum Gasteiger partial charge on any atom is 0.292 e. The molecular weight excluding hydrogens is 256 g/mol. The maximum absolute atomic E-state index is 11.8. The lowest BCUT2D eigenvalue weighted by molar-refractivity contribution is 0.0938. The molecule has 20 heavy (non-hydrogen) atoms. The van der Waals surface area contributed by atoms with Gasteiger partial charge in [-0.3, -0.25) is 4.79 Å². The zero-order valence-electron chi connectivity index (χ0n) is 11.2. The lowest BCUT2D eigenvalue weighted by Crippen LogP contribution is -2.39. The van der Waals surface area contributed by atoms with Crippen molar-refractivity contribution in [2.75, 3.05) is 11.9 Å². The summed E-state index contributed by atoms with van der Waals surface area (Å²) in [5, 5.41) is 9.85. The first-order valence-electron chi connectivity index (χ1n) is 6.65. The first kappa shape index (κ1) is 12.7. The molecule has 1 aromatic carbocycles. The first-order chi connectivity index (χ1) is 9.72. The van der Waals surface area contributed by atoms with Gasteiger partial charge < -0.3 is 15.2 Å². The number of carbonyl (C=O) groups is 1. The SMILES string of the molecule is Cc1nc(C(=O)NC[C@@H]2CCc3ccccc3N2)no1. The molecule has 0 aliphatic carbocycles. The molecule has 0 bridgehead atoms. The Hall–Kier alpha value is -2.37. The Morgan fingerprint density at radius 2 is 2.35 bits per heavy atom. The molecule has 1 aliphatic heterocycles. The van der Waals surface area contributed by atoms with Crippen LogP contribution in [0.25, 0.3) is 0 Å². The molecule has 2 aromatic rings. The summed E-state index contributed by atoms with van der Waals surface area (Å²) in [6.07, 6.45) is 2.01. The lowest BCUT2D eigenvalue weighted by atomic mass is 9.98. The number of aryl methyl sites for hydroxylation is 2. The number of rotatable bonds is 3. The highest BCUT2D eigenvalue weighted by Crippen LogP contribution is 2.23. The zero-order valence-corrected chi connectivity index (χ0v) is 11.2. The minimum absolute atomic E-state index is 0.0821. The van der Waals surface area contributed by atoms with Crippen molar-refractivity contribution in [1.29, 1.82) is 0 Å². The normalized spacial score (nSPS) is 17.1. The van der Waals surface area contributed by atoms with Crippen molar-refractivity contribution >= 4 is 11.6 Å². The standard InChI is InChI=1S/C14H16N4O2/c1-9-16-13(18-20-9)14(19)15-8-11-7-6-10-4-2-3-5-12(10)17-11/h2-5,11,17H,6-8H2,1H3,(H,15,19)/t11-/m0/s1. The summed E-state index contributed by atoms with van der Waals surface area (Å²) in [4.78, 5) is 15.7. The number of fused-ring (bicyclic) bond motifs is 1. The van der Waals surface area contributed by atoms with Crippen LogP contribution in [0.1, 0.15) is 28.5 Å². The Morgan fingerprint density at radius 3 is 3.15 bits per heavy atom. The minimum Gasteiger partial charge on any atom is -0.380 e. The minimum atomic E-state index is -0.303. The quantitative estimate of drug-likeness (QED) is 0.885. The summed E-state index contributed by atoms with van der Waals surface area (Å²) in [6.45, 7) is 2.20. The summed E-state index contributed by atoms with van der Waals surface area (Å²) in [6, 6.07) is 8.46. The lowest BCUT2D eigenvalue weighted by Gasteiger charge is -2.27. The van der Waals surface area contributed by atoms with Crippen LogP contribution in [-0.2, 0) is 6.42 Å². The van der Waals surface area contributed by atoms with Gasteiger partial charge in [-0.15, -0.1) is 0 Å². The third kappa shape index (κ3) is 2.64. The van der Waals surface area contributed by atoms with Gasteiger partial charge in [-0.2, -0.15) is 4.98 Å². The van der Waals surface area contributed by atoms with Gasteiger partial charge in [-0.1, -0.05) is 23.4 Å². The largest absolute Gasteiger partial charge is 0.380 e. The van der Waals surface area contributed by atoms with Gasteiger partial charge in [-0.25, -0.2) is 0 Å². The van der Waals surface area contributed by atoms with Gasteiger partial charge >= 0.3 is 0 Å². The van der Waals surface area contributed by atoms with Gasteiger partial charge in [0.15, 0.2) is 0 Å². The van der Waals surface area contributed by atoms with Crippen molar-refractivity contribution in [3.05, 3.63) is 41.5 Å². The number of carbonyl (C=O) groups excluding carboxylic acids is 1. The summed E-state index contributed by atoms with van der Waals surface area (Å²) < 4.78 is 4.79. The number of hydrogen-bond donors (Lipinski definition) is 2. The highest BCUT2D eigenvalue weighted by molar-refractivity contribution is 5.90. The highest BCUT2D eigenvalue weighted by atomic mass is 16.5. The van der Waals surface area contributed by atoms with Crippen molar-refractivity contribution in [2.24, 2.45) is 0 Å². The maximum atomic E-state index is 11.8. The molecule has 0 saturated carbocycles. The van der Waals surface area contributed by atoms with E-state index in [1.165, 1.54) is 5.56 Å². The second-order valence-corrected chi connectivity index (χ2v) is 4.88. The van der Waals surface area contributed by atoms with Gasteiger partial charge in [-0.05, 0) is 24.5 Å². The van der Waals surface area contributed by atoms with Crippen molar-refractivity contribution < 1.29 is 9.32 Å². The van der Waals surface area contributed by atoms with E-state index >= 15 is 0 Å². The van der Waals surface area contributed by atoms with Crippen LogP contribution in [0, 0.1) is 6.92 Å². The van der Waals surface area contributed by atoms with Crippen LogP contribution in [0.4, 0.5) is 5.69 Å². The molecule has 1 aromatic heterocycles. The van der Waals surface area contributed by atoms with E-state index in [1.54, 1.807) is 6.92 Å². The van der Waals surface area contributed by atoms with E-state index < -0.39 is 0 Å². The molecule has 0 radical (unpaired) electrons. The third-order valence-electron chi connectivity index (χ3n) is 3.38. The van der Waals surface area contributed by atoms with Gasteiger partial charge in [0.05, 0.1) is 0 Å². The van der Waals surface area contributed by atoms with E-state index in [1.807, 2.05) is 12.1 Å². The first-order valence-corrected chi connectivity index (χ1v) is 6.65. The molecule has 1 amide bonds. The van der Waals surface area contributed by atoms with Crippen molar-refractivity contribution in [2.45, 2.75) is 25.8 Å². The molecule has 6 nitrogen and oxygen atoms in total. The average molecular weight is 272 g/mol. The van der Waals surface area contributed by atoms with E-state index in [-0.39, 0.29) is 17.8 Å². The number of para-hydroxylation sites is 1. The van der Waals surface area contributed by atoms with Crippen LogP contribution in [0.2, 0.25) is 0 Å². The van der Waals surface area contributed by atoms with E-state index in [0.717, 1.165) is 18.5 Å². The number of hydrogen-bond acceptors (Lipinski definition) is 5. The van der Waals surface area contributed by atoms with Crippen LogP contribution in [0.15, 0.2) is 28.8 Å². The van der Waals surface area contributed by atoms with Crippen molar-refractivity contribution in [1.82, 2.24) is 15.5 Å². The Kier molecular flexibility index (Phi) is 3.37. The molecular formula is C14H16N4O2. The molecule has 6 heteroatoms. The Balaban J connectivity index is 1.56. The van der Waals surface area contributed by atoms with Gasteiger partial charge in [0, 0.05) is 25.2 Å². The van der Waals surface area contributed by atoms with Crippen LogP contribution in [-0.4, -0.2) is 28.6 Å². The summed E-state index contributed by atoms with van der Waals surface area (Å²) >= 11 is 0. The van der Waals surface area contributed by atoms with Crippen molar-refractivity contribution in [3.63, 3.8) is 0 Å². The summed E-state index contributed by atoms with van der Waals surface area (Å²) in [5.41, 5.74) is 2.47. The van der Waals surface area contributed by atoms with Crippen LogP contribution in [0.5, 0.6) is 0 Å². The number of nitrogens with one attached hydrogen (secondary N) is 2. The second kappa shape index (κ2) is 5.32. The number of amides is 1. The predicted molar refractivity (Wildman–Crippen MR) is 73.5 cm³/mol. The smallest absolute Gasteiger partial charge is 0.292 e. The van der Waals surface area contributed by atoms with Crippen LogP contribution < -0.4 is 10.6 Å². The van der Waals surface area contributed by atoms with E-state index in [4.69, 9.17) is 4.52 Å². The molecule has 1 aliphatic rings. The van der Waals surface area contributed by atoms with Crippen LogP contribution in [0.3, 0.4) is 0 Å². The fraction of sp³-hybridized carbons (Fsp3) is 0.357. The molecule has 2 N–H and O–H groups in total.